The van der Waals surface area contributed by atoms with Crippen molar-refractivity contribution in [3.8, 4) is 11.8 Å². The summed E-state index contributed by atoms with van der Waals surface area (Å²) in [5.41, 5.74) is 9.15. The van der Waals surface area contributed by atoms with Crippen molar-refractivity contribution in [3.05, 3.63) is 63.2 Å². The maximum absolute atomic E-state index is 12.5. The van der Waals surface area contributed by atoms with Crippen molar-refractivity contribution in [2.24, 2.45) is 0 Å². The normalized spacial score (nSPS) is 11.2. The number of carbonyl (C=O) groups excluding carboxylic acids is 1. The first kappa shape index (κ1) is 23.0. The Hall–Kier alpha value is -3.71. The first-order valence-electron chi connectivity index (χ1n) is 9.61. The standard InChI is InChI=1S/C22H22BrN7O2/c1-13-9-15(14(2)30(13)18-7-5-17(23)6-8-18)10-16(11-24)20(31)32-12-19-26-21(25)28-22(27-19)29(3)4/h5-10H,12H2,1-4H3,(H2,25,26,27,28)/b16-10+. The van der Waals surface area contributed by atoms with E-state index in [1.165, 1.54) is 6.08 Å². The molecule has 2 aromatic heterocycles. The van der Waals surface area contributed by atoms with Crippen LogP contribution in [0.1, 0.15) is 22.8 Å². The van der Waals surface area contributed by atoms with Gasteiger partial charge < -0.3 is 19.9 Å². The van der Waals surface area contributed by atoms with Crippen molar-refractivity contribution < 1.29 is 9.53 Å². The van der Waals surface area contributed by atoms with Gasteiger partial charge in [-0.1, -0.05) is 15.9 Å². The van der Waals surface area contributed by atoms with Gasteiger partial charge in [0.25, 0.3) is 0 Å². The van der Waals surface area contributed by atoms with Crippen LogP contribution in [-0.4, -0.2) is 39.6 Å². The van der Waals surface area contributed by atoms with E-state index in [0.29, 0.717) is 5.95 Å². The first-order valence-corrected chi connectivity index (χ1v) is 10.4. The Morgan fingerprint density at radius 1 is 1.25 bits per heavy atom. The predicted molar refractivity (Wildman–Crippen MR) is 125 cm³/mol. The number of benzene rings is 1. The van der Waals surface area contributed by atoms with E-state index in [4.69, 9.17) is 10.5 Å². The van der Waals surface area contributed by atoms with Gasteiger partial charge in [-0.15, -0.1) is 0 Å². The summed E-state index contributed by atoms with van der Waals surface area (Å²) in [4.78, 5) is 26.3. The zero-order valence-electron chi connectivity index (χ0n) is 18.1. The zero-order chi connectivity index (χ0) is 23.4. The Morgan fingerprint density at radius 2 is 1.94 bits per heavy atom. The van der Waals surface area contributed by atoms with Crippen molar-refractivity contribution in [3.63, 3.8) is 0 Å². The molecule has 0 aliphatic rings. The molecule has 0 amide bonds. The second-order valence-corrected chi connectivity index (χ2v) is 8.10. The molecule has 9 nitrogen and oxygen atoms in total. The van der Waals surface area contributed by atoms with Crippen LogP contribution in [0.4, 0.5) is 11.9 Å². The molecule has 0 spiro atoms. The number of aryl methyl sites for hydroxylation is 1. The van der Waals surface area contributed by atoms with E-state index >= 15 is 0 Å². The highest BCUT2D eigenvalue weighted by Gasteiger charge is 2.16. The molecule has 0 bridgehead atoms. The Kier molecular flexibility index (Phi) is 6.90. The highest BCUT2D eigenvalue weighted by atomic mass is 79.9. The highest BCUT2D eigenvalue weighted by Crippen LogP contribution is 2.24. The topological polar surface area (TPSA) is 123 Å². The number of nitrogens with zero attached hydrogens (tertiary/aromatic N) is 6. The Bertz CT molecular complexity index is 1220. The summed E-state index contributed by atoms with van der Waals surface area (Å²) >= 11 is 3.44. The van der Waals surface area contributed by atoms with Gasteiger partial charge in [-0.05, 0) is 55.8 Å². The molecule has 0 saturated carbocycles. The van der Waals surface area contributed by atoms with Crippen LogP contribution in [0.5, 0.6) is 0 Å². The third kappa shape index (κ3) is 5.12. The second kappa shape index (κ2) is 9.62. The molecule has 0 aliphatic heterocycles. The van der Waals surface area contributed by atoms with Crippen molar-refractivity contribution >= 4 is 39.9 Å². The molecule has 32 heavy (non-hydrogen) atoms. The van der Waals surface area contributed by atoms with Gasteiger partial charge in [0.15, 0.2) is 12.4 Å². The highest BCUT2D eigenvalue weighted by molar-refractivity contribution is 9.10. The SMILES string of the molecule is Cc1cc(/C=C(\C#N)C(=O)OCc2nc(N)nc(N(C)C)n2)c(C)n1-c1ccc(Br)cc1. The van der Waals surface area contributed by atoms with Crippen LogP contribution in [-0.2, 0) is 16.1 Å². The second-order valence-electron chi connectivity index (χ2n) is 7.19. The van der Waals surface area contributed by atoms with Gasteiger partial charge >= 0.3 is 5.97 Å². The summed E-state index contributed by atoms with van der Waals surface area (Å²) in [5.74, 6) is -0.210. The van der Waals surface area contributed by atoms with Crippen molar-refractivity contribution in [1.82, 2.24) is 19.5 Å². The van der Waals surface area contributed by atoms with Gasteiger partial charge in [-0.25, -0.2) is 4.79 Å². The fourth-order valence-electron chi connectivity index (χ4n) is 3.11. The van der Waals surface area contributed by atoms with Gasteiger partial charge in [0.05, 0.1) is 0 Å². The van der Waals surface area contributed by atoms with Crippen LogP contribution in [0.25, 0.3) is 11.8 Å². The van der Waals surface area contributed by atoms with Crippen LogP contribution in [0.3, 0.4) is 0 Å². The zero-order valence-corrected chi connectivity index (χ0v) is 19.7. The number of rotatable bonds is 6. The largest absolute Gasteiger partial charge is 0.453 e. The number of aromatic nitrogens is 4. The van der Waals surface area contributed by atoms with Crippen molar-refractivity contribution in [2.45, 2.75) is 20.5 Å². The monoisotopic (exact) mass is 495 g/mol. The number of hydrogen-bond acceptors (Lipinski definition) is 8. The predicted octanol–water partition coefficient (Wildman–Crippen LogP) is 3.34. The van der Waals surface area contributed by atoms with E-state index in [-0.39, 0.29) is 24.0 Å². The van der Waals surface area contributed by atoms with Gasteiger partial charge in [-0.3, -0.25) is 0 Å². The van der Waals surface area contributed by atoms with E-state index < -0.39 is 5.97 Å². The summed E-state index contributed by atoms with van der Waals surface area (Å²) in [6.07, 6.45) is 1.52. The van der Waals surface area contributed by atoms with Gasteiger partial charge in [-0.2, -0.15) is 20.2 Å². The Morgan fingerprint density at radius 3 is 2.56 bits per heavy atom. The van der Waals surface area contributed by atoms with E-state index in [2.05, 4.69) is 35.4 Å². The van der Waals surface area contributed by atoms with Crippen LogP contribution in [0.2, 0.25) is 0 Å². The van der Waals surface area contributed by atoms with Crippen LogP contribution in [0.15, 0.2) is 40.4 Å². The van der Waals surface area contributed by atoms with Crippen LogP contribution >= 0.6 is 15.9 Å². The molecule has 2 N–H and O–H groups in total. The van der Waals surface area contributed by atoms with Gasteiger partial charge in [0.1, 0.15) is 11.6 Å². The quantitative estimate of drug-likeness (QED) is 0.313. The van der Waals surface area contributed by atoms with Crippen molar-refractivity contribution in [2.75, 3.05) is 24.7 Å². The number of carbonyl (C=O) groups is 1. The lowest BCUT2D eigenvalue weighted by molar-refractivity contribution is -0.139. The van der Waals surface area contributed by atoms with E-state index in [1.54, 1.807) is 19.0 Å². The van der Waals surface area contributed by atoms with Gasteiger partial charge in [0, 0.05) is 35.6 Å². The van der Waals surface area contributed by atoms with Gasteiger partial charge in [0.2, 0.25) is 11.9 Å². The minimum absolute atomic E-state index is 0.0196. The number of hydrogen-bond donors (Lipinski definition) is 1. The molecule has 1 aromatic carbocycles. The number of anilines is 2. The maximum Gasteiger partial charge on any atom is 0.349 e. The first-order chi connectivity index (χ1) is 15.2. The third-order valence-corrected chi connectivity index (χ3v) is 5.14. The lowest BCUT2D eigenvalue weighted by Gasteiger charge is -2.11. The Labute approximate surface area is 194 Å². The molecule has 164 valence electrons. The number of esters is 1. The molecule has 0 atom stereocenters. The minimum atomic E-state index is -0.772. The number of ether oxygens (including phenoxy) is 1. The average molecular weight is 496 g/mol. The molecule has 3 rings (SSSR count). The van der Waals surface area contributed by atoms with E-state index in [1.807, 2.05) is 50.2 Å². The molecule has 0 unspecified atom stereocenters. The lowest BCUT2D eigenvalue weighted by Crippen LogP contribution is -2.17. The smallest absolute Gasteiger partial charge is 0.349 e. The molecular weight excluding hydrogens is 474 g/mol. The number of nitriles is 1. The molecule has 0 aliphatic carbocycles. The number of nitrogen functional groups attached to an aromatic ring is 1. The summed E-state index contributed by atoms with van der Waals surface area (Å²) in [7, 11) is 3.51. The van der Waals surface area contributed by atoms with Crippen LogP contribution < -0.4 is 10.6 Å². The summed E-state index contributed by atoms with van der Waals surface area (Å²) in [6.45, 7) is 3.66. The molecular formula is C22H22BrN7O2. The fourth-order valence-corrected chi connectivity index (χ4v) is 3.38. The minimum Gasteiger partial charge on any atom is -0.453 e. The molecule has 0 saturated heterocycles. The average Bonchev–Trinajstić information content (AvgIpc) is 3.03. The lowest BCUT2D eigenvalue weighted by atomic mass is 10.1. The van der Waals surface area contributed by atoms with Crippen LogP contribution in [0, 0.1) is 25.2 Å². The maximum atomic E-state index is 12.5. The van der Waals surface area contributed by atoms with E-state index in [0.717, 1.165) is 27.1 Å². The summed E-state index contributed by atoms with van der Waals surface area (Å²) in [6, 6.07) is 11.7. The Balaban J connectivity index is 1.82. The fraction of sp³-hybridized carbons (Fsp3) is 0.227. The molecule has 2 heterocycles. The summed E-state index contributed by atoms with van der Waals surface area (Å²) < 4.78 is 8.28. The number of nitrogens with two attached hydrogens (primary N) is 1. The molecule has 10 heteroatoms. The molecule has 3 aromatic rings. The van der Waals surface area contributed by atoms with Crippen molar-refractivity contribution in [1.29, 1.82) is 5.26 Å². The number of halogens is 1. The third-order valence-electron chi connectivity index (χ3n) is 4.61. The summed E-state index contributed by atoms with van der Waals surface area (Å²) in [5, 5.41) is 9.53. The van der Waals surface area contributed by atoms with E-state index in [9.17, 15) is 10.1 Å². The molecule has 0 fully saturated rings. The molecule has 0 radical (unpaired) electrons.